The van der Waals surface area contributed by atoms with Crippen LogP contribution in [-0.4, -0.2) is 32.0 Å². The number of thioether (sulfide) groups is 1. The summed E-state index contributed by atoms with van der Waals surface area (Å²) in [6.45, 7) is 1.63. The Labute approximate surface area is 255 Å². The molecule has 4 aromatic carbocycles. The first-order valence-electron chi connectivity index (χ1n) is 13.6. The second-order valence-corrected chi connectivity index (χ2v) is 10.6. The number of rotatable bonds is 13. The molecule has 0 saturated heterocycles. The molecular weight excluding hydrogens is 564 g/mol. The standard InChI is InChI=1S/C34H34N2O6S/c1-23(37)42-34(26-11-5-4-6-12-26)36-33(39)28-14-8-10-25(18-28)22-43-21-24-9-7-13-27(17-24)32(38)35-20-29-15-16-30(40-2)19-31(29)41-3/h4-19,34H,20-22H2,1-3H3,(H,35,38)(H,36,39). The van der Waals surface area contributed by atoms with Gasteiger partial charge in [0, 0.05) is 53.3 Å². The van der Waals surface area contributed by atoms with E-state index in [0.29, 0.717) is 46.2 Å². The van der Waals surface area contributed by atoms with Gasteiger partial charge in [0.1, 0.15) is 11.5 Å². The van der Waals surface area contributed by atoms with Crippen LogP contribution >= 0.6 is 11.8 Å². The van der Waals surface area contributed by atoms with Crippen molar-refractivity contribution >= 4 is 29.5 Å². The first kappa shape index (κ1) is 31.2. The zero-order chi connectivity index (χ0) is 30.6. The van der Waals surface area contributed by atoms with Crippen LogP contribution in [0, 0.1) is 0 Å². The average Bonchev–Trinajstić information content (AvgIpc) is 3.03. The predicted octanol–water partition coefficient (Wildman–Crippen LogP) is 6.06. The maximum Gasteiger partial charge on any atom is 0.304 e. The van der Waals surface area contributed by atoms with Gasteiger partial charge in [-0.1, -0.05) is 54.6 Å². The maximum atomic E-state index is 13.0. The van der Waals surface area contributed by atoms with Gasteiger partial charge in [0.25, 0.3) is 11.8 Å². The van der Waals surface area contributed by atoms with Crippen molar-refractivity contribution in [3.8, 4) is 11.5 Å². The van der Waals surface area contributed by atoms with E-state index >= 15 is 0 Å². The van der Waals surface area contributed by atoms with Crippen LogP contribution in [0.4, 0.5) is 0 Å². The van der Waals surface area contributed by atoms with Gasteiger partial charge in [-0.2, -0.15) is 11.8 Å². The molecule has 0 fully saturated rings. The molecule has 0 saturated carbocycles. The van der Waals surface area contributed by atoms with Crippen LogP contribution in [0.3, 0.4) is 0 Å². The minimum Gasteiger partial charge on any atom is -0.497 e. The van der Waals surface area contributed by atoms with Crippen LogP contribution in [0.1, 0.15) is 56.1 Å². The van der Waals surface area contributed by atoms with E-state index in [2.05, 4.69) is 10.6 Å². The highest BCUT2D eigenvalue weighted by Crippen LogP contribution is 2.25. The summed E-state index contributed by atoms with van der Waals surface area (Å²) in [5.74, 6) is 1.68. The van der Waals surface area contributed by atoms with Crippen LogP contribution in [0.2, 0.25) is 0 Å². The van der Waals surface area contributed by atoms with E-state index in [1.165, 1.54) is 6.92 Å². The summed E-state index contributed by atoms with van der Waals surface area (Å²) in [5.41, 5.74) is 4.56. The van der Waals surface area contributed by atoms with Crippen LogP contribution in [0.15, 0.2) is 97.1 Å². The van der Waals surface area contributed by atoms with Crippen molar-refractivity contribution in [1.82, 2.24) is 10.6 Å². The molecule has 0 radical (unpaired) electrons. The molecule has 2 N–H and O–H groups in total. The predicted molar refractivity (Wildman–Crippen MR) is 167 cm³/mol. The Morgan fingerprint density at radius 3 is 2.00 bits per heavy atom. The van der Waals surface area contributed by atoms with E-state index in [1.54, 1.807) is 56.3 Å². The largest absolute Gasteiger partial charge is 0.497 e. The first-order valence-corrected chi connectivity index (χ1v) is 14.8. The second-order valence-electron chi connectivity index (χ2n) is 9.63. The summed E-state index contributed by atoms with van der Waals surface area (Å²) in [6.07, 6.45) is -0.882. The van der Waals surface area contributed by atoms with Crippen LogP contribution < -0.4 is 20.1 Å². The van der Waals surface area contributed by atoms with Gasteiger partial charge in [-0.3, -0.25) is 14.4 Å². The summed E-state index contributed by atoms with van der Waals surface area (Å²) in [7, 11) is 3.17. The fraction of sp³-hybridized carbons (Fsp3) is 0.206. The molecule has 4 aromatic rings. The van der Waals surface area contributed by atoms with E-state index in [-0.39, 0.29) is 11.8 Å². The van der Waals surface area contributed by atoms with Crippen molar-refractivity contribution in [2.75, 3.05) is 14.2 Å². The molecule has 222 valence electrons. The molecule has 1 atom stereocenters. The Morgan fingerprint density at radius 2 is 1.40 bits per heavy atom. The van der Waals surface area contributed by atoms with Gasteiger partial charge in [-0.05, 0) is 47.5 Å². The summed E-state index contributed by atoms with van der Waals surface area (Å²) < 4.78 is 16.0. The Bertz CT molecular complexity index is 1560. The highest BCUT2D eigenvalue weighted by Gasteiger charge is 2.18. The zero-order valence-electron chi connectivity index (χ0n) is 24.3. The van der Waals surface area contributed by atoms with E-state index in [9.17, 15) is 14.4 Å². The Hall–Kier alpha value is -4.76. The molecule has 0 aromatic heterocycles. The fourth-order valence-electron chi connectivity index (χ4n) is 4.34. The van der Waals surface area contributed by atoms with E-state index in [1.807, 2.05) is 66.7 Å². The van der Waals surface area contributed by atoms with Crippen molar-refractivity contribution < 1.29 is 28.6 Å². The van der Waals surface area contributed by atoms with Crippen molar-refractivity contribution in [3.05, 3.63) is 130 Å². The molecule has 0 spiro atoms. The summed E-state index contributed by atoms with van der Waals surface area (Å²) >= 11 is 1.68. The van der Waals surface area contributed by atoms with E-state index in [4.69, 9.17) is 14.2 Å². The lowest BCUT2D eigenvalue weighted by Gasteiger charge is -2.19. The molecule has 0 heterocycles. The molecule has 0 aliphatic rings. The third kappa shape index (κ3) is 9.11. The van der Waals surface area contributed by atoms with Crippen LogP contribution in [-0.2, 0) is 27.6 Å². The highest BCUT2D eigenvalue weighted by molar-refractivity contribution is 7.97. The van der Waals surface area contributed by atoms with E-state index in [0.717, 1.165) is 16.7 Å². The molecule has 8 nitrogen and oxygen atoms in total. The number of hydrogen-bond donors (Lipinski definition) is 2. The highest BCUT2D eigenvalue weighted by atomic mass is 32.2. The Morgan fingerprint density at radius 1 is 0.744 bits per heavy atom. The number of carbonyl (C=O) groups is 3. The lowest BCUT2D eigenvalue weighted by atomic mass is 10.1. The minimum absolute atomic E-state index is 0.175. The van der Waals surface area contributed by atoms with Gasteiger partial charge in [-0.25, -0.2) is 0 Å². The molecule has 1 unspecified atom stereocenters. The van der Waals surface area contributed by atoms with Gasteiger partial charge < -0.3 is 24.8 Å². The van der Waals surface area contributed by atoms with Gasteiger partial charge in [0.15, 0.2) is 0 Å². The maximum absolute atomic E-state index is 13.0. The molecule has 0 aliphatic carbocycles. The molecule has 9 heteroatoms. The summed E-state index contributed by atoms with van der Waals surface area (Å²) in [5, 5.41) is 5.76. The topological polar surface area (TPSA) is 103 Å². The van der Waals surface area contributed by atoms with Gasteiger partial charge in [0.2, 0.25) is 6.23 Å². The van der Waals surface area contributed by atoms with Crippen molar-refractivity contribution in [1.29, 1.82) is 0 Å². The quantitative estimate of drug-likeness (QED) is 0.143. The molecule has 2 amide bonds. The Balaban J connectivity index is 1.32. The first-order chi connectivity index (χ1) is 20.9. The molecule has 43 heavy (non-hydrogen) atoms. The molecular formula is C34H34N2O6S. The Kier molecular flexibility index (Phi) is 11.2. The smallest absolute Gasteiger partial charge is 0.304 e. The van der Waals surface area contributed by atoms with Crippen LogP contribution in [0.25, 0.3) is 0 Å². The fourth-order valence-corrected chi connectivity index (χ4v) is 5.28. The summed E-state index contributed by atoms with van der Waals surface area (Å²) in [6, 6.07) is 29.4. The molecule has 4 rings (SSSR count). The van der Waals surface area contributed by atoms with Gasteiger partial charge in [0.05, 0.1) is 14.2 Å². The van der Waals surface area contributed by atoms with Crippen LogP contribution in [0.5, 0.6) is 11.5 Å². The number of amides is 2. The number of nitrogens with one attached hydrogen (secondary N) is 2. The third-order valence-electron chi connectivity index (χ3n) is 6.50. The van der Waals surface area contributed by atoms with E-state index < -0.39 is 12.2 Å². The number of methoxy groups -OCH3 is 2. The monoisotopic (exact) mass is 598 g/mol. The zero-order valence-corrected chi connectivity index (χ0v) is 25.1. The van der Waals surface area contributed by atoms with Gasteiger partial charge in [-0.15, -0.1) is 0 Å². The number of hydrogen-bond acceptors (Lipinski definition) is 7. The minimum atomic E-state index is -0.882. The second kappa shape index (κ2) is 15.5. The van der Waals surface area contributed by atoms with Crippen molar-refractivity contribution in [2.45, 2.75) is 31.2 Å². The number of esters is 1. The lowest BCUT2D eigenvalue weighted by molar-refractivity contribution is -0.147. The number of benzene rings is 4. The average molecular weight is 599 g/mol. The molecule has 0 aliphatic heterocycles. The number of carbonyl (C=O) groups excluding carboxylic acids is 3. The SMILES string of the molecule is COc1ccc(CNC(=O)c2cccc(CSCc3cccc(C(=O)NC(OC(C)=O)c4ccccc4)c3)c2)c(OC)c1. The van der Waals surface area contributed by atoms with Crippen molar-refractivity contribution in [3.63, 3.8) is 0 Å². The molecule has 0 bridgehead atoms. The van der Waals surface area contributed by atoms with Gasteiger partial charge >= 0.3 is 5.97 Å². The number of ether oxygens (including phenoxy) is 3. The normalized spacial score (nSPS) is 11.2. The van der Waals surface area contributed by atoms with Crippen molar-refractivity contribution in [2.24, 2.45) is 0 Å². The lowest BCUT2D eigenvalue weighted by Crippen LogP contribution is -2.31. The third-order valence-corrected chi connectivity index (χ3v) is 7.57. The summed E-state index contributed by atoms with van der Waals surface area (Å²) in [4.78, 5) is 37.5.